The van der Waals surface area contributed by atoms with Crippen molar-refractivity contribution in [1.82, 2.24) is 29.7 Å². The third-order valence-electron chi connectivity index (χ3n) is 4.88. The first-order valence-corrected chi connectivity index (χ1v) is 10.6. The molecule has 1 aliphatic rings. The predicted octanol–water partition coefficient (Wildman–Crippen LogP) is 1.54. The number of hydrogen-bond acceptors (Lipinski definition) is 6. The third-order valence-corrected chi connectivity index (χ3v) is 6.63. The van der Waals surface area contributed by atoms with Gasteiger partial charge in [0.2, 0.25) is 0 Å². The SMILES string of the molecule is O=c1[nH]cccc1-c1nc(-c2ccc3cc[nH]c3n2)n(C2CCS(=O)(=O)C2)n1. The van der Waals surface area contributed by atoms with Crippen molar-refractivity contribution in [3.8, 4) is 22.9 Å². The van der Waals surface area contributed by atoms with Crippen LogP contribution in [0, 0.1) is 0 Å². The fourth-order valence-electron chi connectivity index (χ4n) is 3.49. The molecular weight excluding hydrogens is 380 g/mol. The zero-order chi connectivity index (χ0) is 19.3. The summed E-state index contributed by atoms with van der Waals surface area (Å²) in [5.41, 5.74) is 1.28. The minimum absolute atomic E-state index is 0.00130. The second kappa shape index (κ2) is 6.13. The highest BCUT2D eigenvalue weighted by molar-refractivity contribution is 7.91. The molecule has 28 heavy (non-hydrogen) atoms. The summed E-state index contributed by atoms with van der Waals surface area (Å²) in [4.78, 5) is 27.0. The van der Waals surface area contributed by atoms with Gasteiger partial charge in [-0.05, 0) is 36.8 Å². The number of nitrogens with one attached hydrogen (secondary N) is 2. The van der Waals surface area contributed by atoms with Crippen LogP contribution in [0.5, 0.6) is 0 Å². The van der Waals surface area contributed by atoms with E-state index < -0.39 is 9.84 Å². The summed E-state index contributed by atoms with van der Waals surface area (Å²) in [6.45, 7) is 0. The number of fused-ring (bicyclic) bond motifs is 1. The smallest absolute Gasteiger partial charge is 0.259 e. The van der Waals surface area contributed by atoms with Gasteiger partial charge >= 0.3 is 0 Å². The monoisotopic (exact) mass is 396 g/mol. The summed E-state index contributed by atoms with van der Waals surface area (Å²) in [6.07, 6.45) is 3.78. The maximum absolute atomic E-state index is 12.2. The molecule has 2 N–H and O–H groups in total. The van der Waals surface area contributed by atoms with Crippen LogP contribution in [0.15, 0.2) is 47.5 Å². The summed E-state index contributed by atoms with van der Waals surface area (Å²) >= 11 is 0. The molecule has 1 aliphatic heterocycles. The molecule has 1 unspecified atom stereocenters. The van der Waals surface area contributed by atoms with Crippen LogP contribution in [0.25, 0.3) is 33.9 Å². The van der Waals surface area contributed by atoms with Crippen LogP contribution in [-0.4, -0.2) is 49.6 Å². The number of nitrogens with zero attached hydrogens (tertiary/aromatic N) is 4. The van der Waals surface area contributed by atoms with Crippen LogP contribution in [0.3, 0.4) is 0 Å². The first kappa shape index (κ1) is 16.9. The molecule has 0 bridgehead atoms. The molecule has 5 rings (SSSR count). The van der Waals surface area contributed by atoms with E-state index in [-0.39, 0.29) is 28.9 Å². The van der Waals surface area contributed by atoms with Gasteiger partial charge in [0.05, 0.1) is 23.1 Å². The number of aromatic nitrogens is 6. The van der Waals surface area contributed by atoms with Crippen molar-refractivity contribution < 1.29 is 8.42 Å². The summed E-state index contributed by atoms with van der Waals surface area (Å²) in [7, 11) is -3.11. The number of sulfone groups is 1. The summed E-state index contributed by atoms with van der Waals surface area (Å²) < 4.78 is 25.6. The lowest BCUT2D eigenvalue weighted by atomic mass is 10.2. The topological polar surface area (TPSA) is 126 Å². The first-order valence-electron chi connectivity index (χ1n) is 8.80. The largest absolute Gasteiger partial charge is 0.346 e. The molecule has 1 saturated heterocycles. The van der Waals surface area contributed by atoms with Crippen molar-refractivity contribution >= 4 is 20.9 Å². The number of aromatic amines is 2. The third kappa shape index (κ3) is 2.82. The highest BCUT2D eigenvalue weighted by Crippen LogP contribution is 2.29. The van der Waals surface area contributed by atoms with E-state index in [0.717, 1.165) is 5.39 Å². The average Bonchev–Trinajstić information content (AvgIpc) is 3.38. The normalized spacial score (nSPS) is 18.6. The lowest BCUT2D eigenvalue weighted by Crippen LogP contribution is -2.14. The lowest BCUT2D eigenvalue weighted by molar-refractivity contribution is 0.504. The summed E-state index contributed by atoms with van der Waals surface area (Å²) in [5.74, 6) is 0.798. The first-order chi connectivity index (χ1) is 13.5. The Morgan fingerprint density at radius 1 is 1.07 bits per heavy atom. The van der Waals surface area contributed by atoms with Crippen LogP contribution in [0.1, 0.15) is 12.5 Å². The van der Waals surface area contributed by atoms with Crippen molar-refractivity contribution in [2.45, 2.75) is 12.5 Å². The van der Waals surface area contributed by atoms with E-state index in [1.807, 2.05) is 18.2 Å². The Bertz CT molecular complexity index is 1350. The minimum atomic E-state index is -3.11. The Labute approximate surface area is 159 Å². The number of rotatable bonds is 3. The standard InChI is InChI=1S/C18H16N6O3S/c25-18-13(2-1-7-20-18)16-22-17(14-4-3-11-5-8-19-15(11)21-14)24(23-16)12-6-9-28(26,27)10-12/h1-5,7-8,12H,6,9-10H2,(H,19,21)(H,20,25). The Balaban J connectivity index is 1.69. The van der Waals surface area contributed by atoms with Crippen molar-refractivity contribution in [2.24, 2.45) is 0 Å². The summed E-state index contributed by atoms with van der Waals surface area (Å²) in [5, 5.41) is 5.46. The Morgan fingerprint density at radius 2 is 1.96 bits per heavy atom. The van der Waals surface area contributed by atoms with Gasteiger partial charge in [-0.3, -0.25) is 4.79 Å². The highest BCUT2D eigenvalue weighted by Gasteiger charge is 2.32. The highest BCUT2D eigenvalue weighted by atomic mass is 32.2. The van der Waals surface area contributed by atoms with Crippen molar-refractivity contribution in [3.05, 3.63) is 53.1 Å². The molecule has 1 atom stereocenters. The van der Waals surface area contributed by atoms with Crippen LogP contribution in [0.4, 0.5) is 0 Å². The molecule has 10 heteroatoms. The van der Waals surface area contributed by atoms with Gasteiger partial charge in [-0.15, -0.1) is 5.10 Å². The maximum atomic E-state index is 12.2. The average molecular weight is 396 g/mol. The van der Waals surface area contributed by atoms with E-state index in [0.29, 0.717) is 29.1 Å². The van der Waals surface area contributed by atoms with Crippen LogP contribution in [-0.2, 0) is 9.84 Å². The van der Waals surface area contributed by atoms with Crippen molar-refractivity contribution in [2.75, 3.05) is 11.5 Å². The molecule has 4 aromatic rings. The zero-order valence-electron chi connectivity index (χ0n) is 14.7. The molecule has 0 aromatic carbocycles. The van der Waals surface area contributed by atoms with E-state index in [1.165, 1.54) is 6.20 Å². The number of pyridine rings is 2. The van der Waals surface area contributed by atoms with Gasteiger partial charge in [-0.25, -0.2) is 23.1 Å². The van der Waals surface area contributed by atoms with Crippen LogP contribution < -0.4 is 5.56 Å². The van der Waals surface area contributed by atoms with Crippen LogP contribution >= 0.6 is 0 Å². The van der Waals surface area contributed by atoms with E-state index in [9.17, 15) is 13.2 Å². The van der Waals surface area contributed by atoms with E-state index in [1.54, 1.807) is 23.0 Å². The van der Waals surface area contributed by atoms with Gasteiger partial charge in [0.15, 0.2) is 21.5 Å². The van der Waals surface area contributed by atoms with Gasteiger partial charge in [0.25, 0.3) is 5.56 Å². The van der Waals surface area contributed by atoms with Crippen LogP contribution in [0.2, 0.25) is 0 Å². The number of hydrogen-bond donors (Lipinski definition) is 2. The molecule has 4 aromatic heterocycles. The molecule has 1 fully saturated rings. The Kier molecular flexibility index (Phi) is 3.69. The van der Waals surface area contributed by atoms with Gasteiger partial charge in [-0.2, -0.15) is 0 Å². The van der Waals surface area contributed by atoms with Gasteiger partial charge < -0.3 is 9.97 Å². The fraction of sp³-hybridized carbons (Fsp3) is 0.222. The van der Waals surface area contributed by atoms with Gasteiger partial charge in [0, 0.05) is 17.8 Å². The predicted molar refractivity (Wildman–Crippen MR) is 103 cm³/mol. The fourth-order valence-corrected chi connectivity index (χ4v) is 5.18. The van der Waals surface area contributed by atoms with E-state index >= 15 is 0 Å². The molecule has 0 radical (unpaired) electrons. The molecular formula is C18H16N6O3S. The lowest BCUT2D eigenvalue weighted by Gasteiger charge is -2.11. The zero-order valence-corrected chi connectivity index (χ0v) is 15.5. The molecule has 0 amide bonds. The van der Waals surface area contributed by atoms with E-state index in [2.05, 4.69) is 25.0 Å². The Hall–Kier alpha value is -3.27. The maximum Gasteiger partial charge on any atom is 0.259 e. The minimum Gasteiger partial charge on any atom is -0.346 e. The molecule has 5 heterocycles. The molecule has 9 nitrogen and oxygen atoms in total. The quantitative estimate of drug-likeness (QED) is 0.541. The van der Waals surface area contributed by atoms with Gasteiger partial charge in [-0.1, -0.05) is 0 Å². The van der Waals surface area contributed by atoms with E-state index in [4.69, 9.17) is 0 Å². The van der Waals surface area contributed by atoms with Gasteiger partial charge in [0.1, 0.15) is 11.3 Å². The second-order valence-electron chi connectivity index (χ2n) is 6.79. The Morgan fingerprint density at radius 3 is 2.75 bits per heavy atom. The summed E-state index contributed by atoms with van der Waals surface area (Å²) in [6, 6.07) is 8.63. The number of H-pyrrole nitrogens is 2. The van der Waals surface area contributed by atoms with Crippen molar-refractivity contribution in [3.63, 3.8) is 0 Å². The van der Waals surface area contributed by atoms with Crippen molar-refractivity contribution in [1.29, 1.82) is 0 Å². The molecule has 142 valence electrons. The molecule has 0 saturated carbocycles. The second-order valence-corrected chi connectivity index (χ2v) is 9.01. The molecule has 0 spiro atoms. The molecule has 0 aliphatic carbocycles.